The van der Waals surface area contributed by atoms with Gasteiger partial charge in [0, 0.05) is 17.0 Å². The van der Waals surface area contributed by atoms with Crippen LogP contribution in [0.1, 0.15) is 39.3 Å². The molecule has 1 unspecified atom stereocenters. The quantitative estimate of drug-likeness (QED) is 0.494. The summed E-state index contributed by atoms with van der Waals surface area (Å²) in [6.45, 7) is 2.02. The van der Waals surface area contributed by atoms with Crippen molar-refractivity contribution in [2.45, 2.75) is 19.4 Å². The predicted molar refractivity (Wildman–Crippen MR) is 123 cm³/mol. The average Bonchev–Trinajstić information content (AvgIpc) is 3.35. The number of hydrogen-bond acceptors (Lipinski definition) is 6. The van der Waals surface area contributed by atoms with Gasteiger partial charge in [0.25, 0.3) is 5.91 Å². The van der Waals surface area contributed by atoms with E-state index in [9.17, 15) is 9.59 Å². The third-order valence-electron chi connectivity index (χ3n) is 5.63. The van der Waals surface area contributed by atoms with Gasteiger partial charge in [-0.1, -0.05) is 6.07 Å². The average molecular weight is 452 g/mol. The van der Waals surface area contributed by atoms with Crippen LogP contribution in [0.2, 0.25) is 0 Å². The van der Waals surface area contributed by atoms with Gasteiger partial charge in [0.05, 0.1) is 20.3 Å². The summed E-state index contributed by atoms with van der Waals surface area (Å²) in [7, 11) is 3.24. The Morgan fingerprint density at radius 3 is 2.41 bits per heavy atom. The van der Waals surface area contributed by atoms with E-state index in [4.69, 9.17) is 14.2 Å². The first-order chi connectivity index (χ1) is 15.5. The van der Waals surface area contributed by atoms with E-state index in [0.717, 1.165) is 22.4 Å². The maximum Gasteiger partial charge on any atom is 0.261 e. The predicted octanol–water partition coefficient (Wildman–Crippen LogP) is 4.52. The summed E-state index contributed by atoms with van der Waals surface area (Å²) in [5.74, 6) is 1.78. The molecule has 0 N–H and O–H groups in total. The summed E-state index contributed by atoms with van der Waals surface area (Å²) in [5.41, 5.74) is 2.79. The Bertz CT molecular complexity index is 1110. The third-order valence-corrected chi connectivity index (χ3v) is 6.55. The van der Waals surface area contributed by atoms with Gasteiger partial charge in [-0.2, -0.15) is 0 Å². The molecule has 1 aromatic heterocycles. The van der Waals surface area contributed by atoms with E-state index in [0.29, 0.717) is 29.4 Å². The molecular weight excluding hydrogens is 426 g/mol. The van der Waals surface area contributed by atoms with Gasteiger partial charge in [-0.25, -0.2) is 0 Å². The van der Waals surface area contributed by atoms with Crippen LogP contribution in [0.4, 0.5) is 0 Å². The Balaban J connectivity index is 1.59. The summed E-state index contributed by atoms with van der Waals surface area (Å²) < 4.78 is 16.7. The first kappa shape index (κ1) is 21.9. The minimum atomic E-state index is -0.213. The molecule has 4 rings (SSSR count). The van der Waals surface area contributed by atoms with Crippen molar-refractivity contribution in [1.82, 2.24) is 4.90 Å². The molecule has 1 atom stereocenters. The molecule has 1 aliphatic heterocycles. The second-order valence-corrected chi connectivity index (χ2v) is 8.51. The molecule has 7 heteroatoms. The van der Waals surface area contributed by atoms with E-state index in [1.165, 1.54) is 6.92 Å². The zero-order valence-electron chi connectivity index (χ0n) is 18.3. The van der Waals surface area contributed by atoms with Crippen molar-refractivity contribution >= 4 is 23.0 Å². The molecular formula is C25H25NO5S. The van der Waals surface area contributed by atoms with E-state index in [-0.39, 0.29) is 24.3 Å². The first-order valence-electron chi connectivity index (χ1n) is 10.3. The van der Waals surface area contributed by atoms with E-state index < -0.39 is 0 Å². The lowest BCUT2D eigenvalue weighted by atomic mass is 9.90. The van der Waals surface area contributed by atoms with E-state index in [1.807, 2.05) is 34.5 Å². The molecule has 166 valence electrons. The van der Waals surface area contributed by atoms with Crippen LogP contribution in [0.3, 0.4) is 0 Å². The number of fused-ring (bicyclic) bond motifs is 1. The molecule has 0 radical (unpaired) electrons. The lowest BCUT2D eigenvalue weighted by Gasteiger charge is -2.37. The molecule has 0 bridgehead atoms. The normalized spacial score (nSPS) is 15.1. The lowest BCUT2D eigenvalue weighted by Crippen LogP contribution is -2.42. The summed E-state index contributed by atoms with van der Waals surface area (Å²) in [6.07, 6.45) is 0.719. The van der Waals surface area contributed by atoms with Crippen molar-refractivity contribution < 1.29 is 23.8 Å². The molecule has 1 aliphatic rings. The monoisotopic (exact) mass is 451 g/mol. The number of thiophene rings is 1. The third kappa shape index (κ3) is 4.34. The second-order valence-electron chi connectivity index (χ2n) is 7.53. The van der Waals surface area contributed by atoms with Crippen molar-refractivity contribution in [2.75, 3.05) is 27.4 Å². The Labute approximate surface area is 191 Å². The Morgan fingerprint density at radius 2 is 1.78 bits per heavy atom. The molecule has 0 saturated carbocycles. The van der Waals surface area contributed by atoms with Crippen LogP contribution >= 0.6 is 11.3 Å². The number of benzene rings is 2. The molecule has 0 saturated heterocycles. The lowest BCUT2D eigenvalue weighted by molar-refractivity contribution is -0.135. The fourth-order valence-electron chi connectivity index (χ4n) is 3.98. The van der Waals surface area contributed by atoms with Gasteiger partial charge in [-0.05, 0) is 72.3 Å². The molecule has 3 aromatic rings. The highest BCUT2D eigenvalue weighted by Crippen LogP contribution is 2.42. The van der Waals surface area contributed by atoms with Crippen molar-refractivity contribution in [3.63, 3.8) is 0 Å². The summed E-state index contributed by atoms with van der Waals surface area (Å²) >= 11 is 1.62. The summed E-state index contributed by atoms with van der Waals surface area (Å²) in [6, 6.07) is 14.6. The molecule has 0 fully saturated rings. The molecule has 0 aliphatic carbocycles. The number of ether oxygens (including phenoxy) is 3. The second kappa shape index (κ2) is 9.44. The molecule has 1 amide bonds. The highest BCUT2D eigenvalue weighted by molar-refractivity contribution is 7.10. The van der Waals surface area contributed by atoms with Crippen LogP contribution in [0.25, 0.3) is 0 Å². The van der Waals surface area contributed by atoms with Gasteiger partial charge in [-0.15, -0.1) is 11.3 Å². The Kier molecular flexibility index (Phi) is 6.46. The largest absolute Gasteiger partial charge is 0.493 e. The van der Waals surface area contributed by atoms with Crippen LogP contribution in [-0.4, -0.2) is 44.0 Å². The number of ketones is 1. The highest BCUT2D eigenvalue weighted by Gasteiger charge is 2.34. The maximum absolute atomic E-state index is 13.2. The molecule has 2 heterocycles. The first-order valence-corrected chi connectivity index (χ1v) is 11.2. The molecule has 6 nitrogen and oxygen atoms in total. The van der Waals surface area contributed by atoms with Gasteiger partial charge in [0.1, 0.15) is 5.75 Å². The van der Waals surface area contributed by atoms with E-state index in [2.05, 4.69) is 0 Å². The van der Waals surface area contributed by atoms with Gasteiger partial charge in [-0.3, -0.25) is 9.59 Å². The van der Waals surface area contributed by atoms with Gasteiger partial charge < -0.3 is 19.1 Å². The van der Waals surface area contributed by atoms with Gasteiger partial charge in [0.2, 0.25) is 0 Å². The highest BCUT2D eigenvalue weighted by atomic mass is 32.1. The number of amides is 1. The van der Waals surface area contributed by atoms with Crippen LogP contribution in [0.15, 0.2) is 53.9 Å². The van der Waals surface area contributed by atoms with E-state index in [1.54, 1.807) is 49.8 Å². The van der Waals surface area contributed by atoms with Crippen LogP contribution in [0, 0.1) is 0 Å². The number of hydrogen-bond donors (Lipinski definition) is 0. The van der Waals surface area contributed by atoms with Gasteiger partial charge in [0.15, 0.2) is 23.9 Å². The number of rotatable bonds is 7. The number of carbonyl (C=O) groups excluding carboxylic acids is 2. The Hall–Kier alpha value is -3.32. The maximum atomic E-state index is 13.2. The van der Waals surface area contributed by atoms with E-state index >= 15 is 0 Å². The minimum absolute atomic E-state index is 0.00884. The summed E-state index contributed by atoms with van der Waals surface area (Å²) in [4.78, 5) is 27.6. The van der Waals surface area contributed by atoms with Gasteiger partial charge >= 0.3 is 0 Å². The van der Waals surface area contributed by atoms with Crippen LogP contribution in [0.5, 0.6) is 17.2 Å². The fourth-order valence-corrected chi connectivity index (χ4v) is 4.84. The van der Waals surface area contributed by atoms with Crippen molar-refractivity contribution in [3.05, 3.63) is 75.5 Å². The number of Topliss-reactive ketones (excluding diaryl/α,β-unsaturated/α-hetero) is 1. The molecule has 2 aromatic carbocycles. The molecule has 32 heavy (non-hydrogen) atoms. The molecule has 0 spiro atoms. The number of carbonyl (C=O) groups is 2. The van der Waals surface area contributed by atoms with Crippen molar-refractivity contribution in [2.24, 2.45) is 0 Å². The fraction of sp³-hybridized carbons (Fsp3) is 0.280. The number of nitrogens with zero attached hydrogens (tertiary/aromatic N) is 1. The topological polar surface area (TPSA) is 65.1 Å². The minimum Gasteiger partial charge on any atom is -0.493 e. The van der Waals surface area contributed by atoms with Crippen molar-refractivity contribution in [3.8, 4) is 17.2 Å². The van der Waals surface area contributed by atoms with Crippen LogP contribution < -0.4 is 14.2 Å². The van der Waals surface area contributed by atoms with Crippen LogP contribution in [-0.2, 0) is 11.2 Å². The van der Waals surface area contributed by atoms with Crippen molar-refractivity contribution in [1.29, 1.82) is 0 Å². The zero-order valence-corrected chi connectivity index (χ0v) is 19.1. The smallest absolute Gasteiger partial charge is 0.261 e. The zero-order chi connectivity index (χ0) is 22.7. The Morgan fingerprint density at radius 1 is 1.06 bits per heavy atom. The summed E-state index contributed by atoms with van der Waals surface area (Å²) in [5, 5.41) is 2.01. The standard InChI is InChI=1S/C25H25NO5S/c1-16(27)17-6-8-19(9-7-17)31-15-24(28)26-11-10-18-13-21(29-2)22(30-3)14-20(18)25(26)23-5-4-12-32-23/h4-9,12-14,25H,10-11,15H2,1-3H3. The number of methoxy groups -OCH3 is 2. The SMILES string of the molecule is COc1cc2c(cc1OC)C(c1cccs1)N(C(=O)COc1ccc(C(C)=O)cc1)CC2.